The van der Waals surface area contributed by atoms with Crippen molar-refractivity contribution >= 4 is 39.1 Å². The minimum Gasteiger partial charge on any atom is -0.452 e. The van der Waals surface area contributed by atoms with Gasteiger partial charge in [0, 0.05) is 5.69 Å². The van der Waals surface area contributed by atoms with E-state index in [1.807, 2.05) is 0 Å². The molecule has 7 heteroatoms. The van der Waals surface area contributed by atoms with Crippen molar-refractivity contribution in [1.29, 1.82) is 0 Å². The molecule has 1 heterocycles. The van der Waals surface area contributed by atoms with Gasteiger partial charge in [0.1, 0.15) is 5.82 Å². The summed E-state index contributed by atoms with van der Waals surface area (Å²) in [6, 6.07) is 10.3. The number of hydrogen-bond donors (Lipinski definition) is 1. The molecule has 0 aliphatic heterocycles. The molecule has 5 nitrogen and oxygen atoms in total. The van der Waals surface area contributed by atoms with Gasteiger partial charge in [-0.15, -0.1) is 11.3 Å². The number of esters is 1. The quantitative estimate of drug-likeness (QED) is 0.746. The molecule has 0 spiro atoms. The Morgan fingerprint density at radius 2 is 1.96 bits per heavy atom. The van der Waals surface area contributed by atoms with Crippen molar-refractivity contribution in [3.63, 3.8) is 0 Å². The number of nitrogens with zero attached hydrogens (tertiary/aromatic N) is 1. The second kappa shape index (κ2) is 6.53. The van der Waals surface area contributed by atoms with Gasteiger partial charge >= 0.3 is 5.97 Å². The third kappa shape index (κ3) is 3.70. The van der Waals surface area contributed by atoms with Gasteiger partial charge in [-0.05, 0) is 42.5 Å². The van der Waals surface area contributed by atoms with E-state index in [4.69, 9.17) is 4.74 Å². The van der Waals surface area contributed by atoms with Crippen LogP contribution in [0.3, 0.4) is 0 Å². The molecular formula is C16H11FN2O3S. The van der Waals surface area contributed by atoms with E-state index >= 15 is 0 Å². The van der Waals surface area contributed by atoms with Gasteiger partial charge in [0.05, 0.1) is 21.3 Å². The van der Waals surface area contributed by atoms with E-state index in [-0.39, 0.29) is 0 Å². The Morgan fingerprint density at radius 3 is 2.74 bits per heavy atom. The number of amides is 1. The average molecular weight is 330 g/mol. The molecule has 1 N–H and O–H groups in total. The van der Waals surface area contributed by atoms with Crippen molar-refractivity contribution in [2.24, 2.45) is 0 Å². The topological polar surface area (TPSA) is 68.3 Å². The molecule has 3 aromatic rings. The van der Waals surface area contributed by atoms with Gasteiger partial charge in [-0.25, -0.2) is 14.2 Å². The number of rotatable bonds is 4. The van der Waals surface area contributed by atoms with Crippen molar-refractivity contribution in [2.45, 2.75) is 0 Å². The molecule has 0 unspecified atom stereocenters. The number of benzene rings is 2. The highest BCUT2D eigenvalue weighted by Gasteiger charge is 2.11. The van der Waals surface area contributed by atoms with Gasteiger partial charge in [-0.2, -0.15) is 0 Å². The Morgan fingerprint density at radius 1 is 1.17 bits per heavy atom. The molecule has 1 amide bonds. The number of nitrogens with one attached hydrogen (secondary N) is 1. The lowest BCUT2D eigenvalue weighted by Gasteiger charge is -2.06. The average Bonchev–Trinajstić information content (AvgIpc) is 3.02. The molecule has 0 atom stereocenters. The van der Waals surface area contributed by atoms with Crippen molar-refractivity contribution in [3.8, 4) is 0 Å². The summed E-state index contributed by atoms with van der Waals surface area (Å²) in [5.74, 6) is -1.48. The number of ether oxygens (including phenoxy) is 1. The zero-order chi connectivity index (χ0) is 16.2. The molecule has 0 radical (unpaired) electrons. The molecule has 2 aromatic carbocycles. The predicted molar refractivity (Wildman–Crippen MR) is 84.9 cm³/mol. The van der Waals surface area contributed by atoms with E-state index in [2.05, 4.69) is 10.3 Å². The summed E-state index contributed by atoms with van der Waals surface area (Å²) >= 11 is 1.42. The lowest BCUT2D eigenvalue weighted by molar-refractivity contribution is -0.119. The van der Waals surface area contributed by atoms with Crippen molar-refractivity contribution < 1.29 is 18.7 Å². The third-order valence-corrected chi connectivity index (χ3v) is 3.82. The van der Waals surface area contributed by atoms with Crippen molar-refractivity contribution in [1.82, 2.24) is 4.98 Å². The number of aromatic nitrogens is 1. The Bertz CT molecular complexity index is 861. The molecule has 23 heavy (non-hydrogen) atoms. The highest BCUT2D eigenvalue weighted by molar-refractivity contribution is 7.16. The molecule has 116 valence electrons. The van der Waals surface area contributed by atoms with Crippen LogP contribution in [-0.4, -0.2) is 23.5 Å². The van der Waals surface area contributed by atoms with E-state index in [1.54, 1.807) is 23.7 Å². The van der Waals surface area contributed by atoms with Crippen LogP contribution in [0.5, 0.6) is 0 Å². The fourth-order valence-electron chi connectivity index (χ4n) is 1.93. The summed E-state index contributed by atoms with van der Waals surface area (Å²) in [6.45, 7) is -0.420. The number of halogens is 1. The van der Waals surface area contributed by atoms with Crippen LogP contribution in [0.15, 0.2) is 48.0 Å². The second-order valence-corrected chi connectivity index (χ2v) is 5.55. The normalized spacial score (nSPS) is 10.5. The summed E-state index contributed by atoms with van der Waals surface area (Å²) in [7, 11) is 0. The fraction of sp³-hybridized carbons (Fsp3) is 0.0625. The fourth-order valence-corrected chi connectivity index (χ4v) is 2.64. The molecule has 0 saturated heterocycles. The van der Waals surface area contributed by atoms with Crippen LogP contribution in [0, 0.1) is 5.82 Å². The maximum Gasteiger partial charge on any atom is 0.338 e. The number of anilines is 1. The van der Waals surface area contributed by atoms with Crippen LogP contribution in [0.25, 0.3) is 10.2 Å². The van der Waals surface area contributed by atoms with Crippen LogP contribution in [-0.2, 0) is 9.53 Å². The highest BCUT2D eigenvalue weighted by atomic mass is 32.1. The second-order valence-electron chi connectivity index (χ2n) is 4.67. The van der Waals surface area contributed by atoms with Crippen LogP contribution in [0.1, 0.15) is 10.4 Å². The number of fused-ring (bicyclic) bond motifs is 1. The monoisotopic (exact) mass is 330 g/mol. The Balaban J connectivity index is 1.57. The molecule has 3 rings (SSSR count). The summed E-state index contributed by atoms with van der Waals surface area (Å²) in [5.41, 5.74) is 3.28. The summed E-state index contributed by atoms with van der Waals surface area (Å²) in [4.78, 5) is 27.8. The molecule has 1 aromatic heterocycles. The maximum atomic E-state index is 12.8. The summed E-state index contributed by atoms with van der Waals surface area (Å²) in [5, 5.41) is 2.51. The molecule has 0 bridgehead atoms. The smallest absolute Gasteiger partial charge is 0.338 e. The molecular weight excluding hydrogens is 319 g/mol. The standard InChI is InChI=1S/C16H11FN2O3S/c17-11-2-4-12(5-3-11)19-15(20)8-22-16(21)10-1-6-13-14(7-10)23-9-18-13/h1-7,9H,8H2,(H,19,20). The largest absolute Gasteiger partial charge is 0.452 e. The van der Waals surface area contributed by atoms with Gasteiger partial charge in [0.2, 0.25) is 0 Å². The van der Waals surface area contributed by atoms with Crippen LogP contribution < -0.4 is 5.32 Å². The Hall–Kier alpha value is -2.80. The number of carbonyl (C=O) groups excluding carboxylic acids is 2. The number of carbonyl (C=O) groups is 2. The lowest BCUT2D eigenvalue weighted by atomic mass is 10.2. The van der Waals surface area contributed by atoms with E-state index in [1.165, 1.54) is 35.6 Å². The predicted octanol–water partition coefficient (Wildman–Crippen LogP) is 3.23. The lowest BCUT2D eigenvalue weighted by Crippen LogP contribution is -2.20. The summed E-state index contributed by atoms with van der Waals surface area (Å²) < 4.78 is 18.6. The molecule has 0 fully saturated rings. The van der Waals surface area contributed by atoms with Crippen molar-refractivity contribution in [2.75, 3.05) is 11.9 Å². The minimum absolute atomic E-state index is 0.358. The summed E-state index contributed by atoms with van der Waals surface area (Å²) in [6.07, 6.45) is 0. The first-order valence-electron chi connectivity index (χ1n) is 6.67. The van der Waals surface area contributed by atoms with Gasteiger partial charge in [-0.3, -0.25) is 4.79 Å². The minimum atomic E-state index is -0.588. The van der Waals surface area contributed by atoms with Crippen LogP contribution in [0.2, 0.25) is 0 Å². The van der Waals surface area contributed by atoms with Gasteiger partial charge in [0.25, 0.3) is 5.91 Å². The first kappa shape index (κ1) is 15.1. The number of thiazole rings is 1. The van der Waals surface area contributed by atoms with E-state index in [0.717, 1.165) is 10.2 Å². The SMILES string of the molecule is O=C(COC(=O)c1ccc2ncsc2c1)Nc1ccc(F)cc1. The molecule has 0 saturated carbocycles. The van der Waals surface area contributed by atoms with E-state index in [9.17, 15) is 14.0 Å². The Labute approximate surface area is 134 Å². The van der Waals surface area contributed by atoms with Gasteiger partial charge < -0.3 is 10.1 Å². The number of hydrogen-bond acceptors (Lipinski definition) is 5. The van der Waals surface area contributed by atoms with E-state index in [0.29, 0.717) is 11.3 Å². The Kier molecular flexibility index (Phi) is 4.29. The maximum absolute atomic E-state index is 12.8. The zero-order valence-corrected chi connectivity index (χ0v) is 12.6. The van der Waals surface area contributed by atoms with Gasteiger partial charge in [-0.1, -0.05) is 0 Å². The van der Waals surface area contributed by atoms with Crippen molar-refractivity contribution in [3.05, 3.63) is 59.4 Å². The van der Waals surface area contributed by atoms with Gasteiger partial charge in [0.15, 0.2) is 6.61 Å². The third-order valence-electron chi connectivity index (χ3n) is 3.03. The highest BCUT2D eigenvalue weighted by Crippen LogP contribution is 2.19. The first-order valence-corrected chi connectivity index (χ1v) is 7.55. The van der Waals surface area contributed by atoms with Crippen LogP contribution in [0.4, 0.5) is 10.1 Å². The molecule has 0 aliphatic carbocycles. The molecule has 0 aliphatic rings. The first-order chi connectivity index (χ1) is 11.1. The van der Waals surface area contributed by atoms with Crippen LogP contribution >= 0.6 is 11.3 Å². The van der Waals surface area contributed by atoms with E-state index < -0.39 is 24.3 Å². The zero-order valence-electron chi connectivity index (χ0n) is 11.8.